The van der Waals surface area contributed by atoms with Crippen LogP contribution in [0.5, 0.6) is 5.75 Å². The fourth-order valence-electron chi connectivity index (χ4n) is 2.32. The lowest BCUT2D eigenvalue weighted by molar-refractivity contribution is -0.118. The minimum absolute atomic E-state index is 0.112. The molecule has 10 heteroatoms. The fourth-order valence-corrected chi connectivity index (χ4v) is 3.34. The molecule has 1 amide bonds. The zero-order valence-electron chi connectivity index (χ0n) is 13.8. The Morgan fingerprint density at radius 1 is 1.36 bits per heavy atom. The Bertz CT molecular complexity index is 894. The molecule has 7 nitrogen and oxygen atoms in total. The average molecular weight is 373 g/mol. The lowest BCUT2D eigenvalue weighted by Gasteiger charge is -2.09. The van der Waals surface area contributed by atoms with E-state index in [2.05, 4.69) is 5.10 Å². The molecule has 2 aromatic rings. The van der Waals surface area contributed by atoms with Gasteiger partial charge < -0.3 is 4.74 Å². The highest BCUT2D eigenvalue weighted by molar-refractivity contribution is 7.90. The number of aromatic nitrogens is 2. The first-order valence-electron chi connectivity index (χ1n) is 7.18. The second-order valence-corrected chi connectivity index (χ2v) is 6.94. The molecular formula is C15H17F2N3O4S. The maximum absolute atomic E-state index is 12.8. The molecule has 0 aliphatic carbocycles. The molecular weight excluding hydrogens is 356 g/mol. The number of hydrogen-bond acceptors (Lipinski definition) is 5. The maximum Gasteiger partial charge on any atom is 0.333 e. The second kappa shape index (κ2) is 7.18. The van der Waals surface area contributed by atoms with Gasteiger partial charge in [-0.1, -0.05) is 6.07 Å². The minimum Gasteiger partial charge on any atom is -0.497 e. The van der Waals surface area contributed by atoms with Crippen LogP contribution in [0.15, 0.2) is 29.2 Å². The highest BCUT2D eigenvalue weighted by atomic mass is 32.2. The van der Waals surface area contributed by atoms with Crippen LogP contribution in [0.2, 0.25) is 0 Å². The van der Waals surface area contributed by atoms with Crippen LogP contribution in [0, 0.1) is 13.8 Å². The van der Waals surface area contributed by atoms with Gasteiger partial charge in [0.05, 0.1) is 24.1 Å². The molecule has 1 aromatic carbocycles. The van der Waals surface area contributed by atoms with E-state index >= 15 is 0 Å². The summed E-state index contributed by atoms with van der Waals surface area (Å²) in [5.41, 5.74) is 0.617. The predicted molar refractivity (Wildman–Crippen MR) is 85.0 cm³/mol. The highest BCUT2D eigenvalue weighted by Crippen LogP contribution is 2.20. The summed E-state index contributed by atoms with van der Waals surface area (Å²) >= 11 is 0. The third-order valence-corrected chi connectivity index (χ3v) is 4.97. The standard InChI is InChI=1S/C15H17F2N3O4S/c1-9-13(10(2)20(18-9)15(16)17)8-14(21)19-25(22,23)12-6-4-5-11(7-12)24-3/h4-7,15H,8H2,1-3H3,(H,19,21). The number of amides is 1. The number of carbonyl (C=O) groups is 1. The van der Waals surface area contributed by atoms with Gasteiger partial charge in [0.15, 0.2) is 0 Å². The summed E-state index contributed by atoms with van der Waals surface area (Å²) in [5.74, 6) is -0.525. The minimum atomic E-state index is -4.10. The monoisotopic (exact) mass is 373 g/mol. The Balaban J connectivity index is 2.20. The quantitative estimate of drug-likeness (QED) is 0.836. The highest BCUT2D eigenvalue weighted by Gasteiger charge is 2.22. The Kier molecular flexibility index (Phi) is 5.41. The van der Waals surface area contributed by atoms with Crippen molar-refractivity contribution < 1.29 is 26.7 Å². The zero-order chi connectivity index (χ0) is 18.8. The summed E-state index contributed by atoms with van der Waals surface area (Å²) in [4.78, 5) is 12.0. The topological polar surface area (TPSA) is 90.3 Å². The molecule has 0 radical (unpaired) electrons. The van der Waals surface area contributed by atoms with E-state index in [1.807, 2.05) is 4.72 Å². The molecule has 25 heavy (non-hydrogen) atoms. The van der Waals surface area contributed by atoms with Gasteiger partial charge in [-0.15, -0.1) is 0 Å². The number of halogens is 2. The SMILES string of the molecule is COc1cccc(S(=O)(=O)NC(=O)Cc2c(C)nn(C(F)F)c2C)c1. The van der Waals surface area contributed by atoms with Crippen molar-refractivity contribution in [2.24, 2.45) is 0 Å². The van der Waals surface area contributed by atoms with Crippen molar-refractivity contribution in [1.82, 2.24) is 14.5 Å². The molecule has 0 spiro atoms. The number of nitrogens with one attached hydrogen (secondary N) is 1. The number of methoxy groups -OCH3 is 1. The van der Waals surface area contributed by atoms with E-state index in [9.17, 15) is 22.0 Å². The van der Waals surface area contributed by atoms with Gasteiger partial charge in [0.1, 0.15) is 5.75 Å². The normalized spacial score (nSPS) is 11.6. The van der Waals surface area contributed by atoms with Crippen molar-refractivity contribution in [1.29, 1.82) is 0 Å². The molecule has 1 aromatic heterocycles. The van der Waals surface area contributed by atoms with E-state index in [0.717, 1.165) is 0 Å². The van der Waals surface area contributed by atoms with Gasteiger partial charge in [0.2, 0.25) is 5.91 Å². The number of alkyl halides is 2. The van der Waals surface area contributed by atoms with E-state index in [1.54, 1.807) is 6.07 Å². The third-order valence-electron chi connectivity index (χ3n) is 3.60. The van der Waals surface area contributed by atoms with Crippen molar-refractivity contribution >= 4 is 15.9 Å². The van der Waals surface area contributed by atoms with E-state index in [-0.39, 0.29) is 28.3 Å². The summed E-state index contributed by atoms with van der Waals surface area (Å²) in [5, 5.41) is 3.66. The number of nitrogens with zero attached hydrogens (tertiary/aromatic N) is 2. The molecule has 0 bridgehead atoms. The van der Waals surface area contributed by atoms with Crippen LogP contribution in [0.25, 0.3) is 0 Å². The summed E-state index contributed by atoms with van der Waals surface area (Å²) in [6.07, 6.45) is -0.381. The molecule has 1 N–H and O–H groups in total. The number of ether oxygens (including phenoxy) is 1. The molecule has 136 valence electrons. The average Bonchev–Trinajstić information content (AvgIpc) is 2.82. The molecule has 0 aliphatic heterocycles. The van der Waals surface area contributed by atoms with Crippen molar-refractivity contribution in [3.8, 4) is 5.75 Å². The zero-order valence-corrected chi connectivity index (χ0v) is 14.6. The largest absolute Gasteiger partial charge is 0.497 e. The van der Waals surface area contributed by atoms with Crippen LogP contribution in [0.3, 0.4) is 0 Å². The van der Waals surface area contributed by atoms with E-state index < -0.39 is 22.5 Å². The molecule has 0 fully saturated rings. The molecule has 0 saturated carbocycles. The number of benzene rings is 1. The van der Waals surface area contributed by atoms with Crippen LogP contribution in [-0.2, 0) is 21.2 Å². The van der Waals surface area contributed by atoms with Gasteiger partial charge in [-0.05, 0) is 26.0 Å². The van der Waals surface area contributed by atoms with Crippen LogP contribution < -0.4 is 9.46 Å². The van der Waals surface area contributed by atoms with Crippen LogP contribution in [0.1, 0.15) is 23.5 Å². The van der Waals surface area contributed by atoms with Gasteiger partial charge in [-0.2, -0.15) is 13.9 Å². The van der Waals surface area contributed by atoms with Crippen LogP contribution in [0.4, 0.5) is 8.78 Å². The molecule has 1 heterocycles. The first kappa shape index (κ1) is 18.8. The number of carbonyl (C=O) groups excluding carboxylic acids is 1. The summed E-state index contributed by atoms with van der Waals surface area (Å²) in [6.45, 7) is 0.0344. The first-order valence-corrected chi connectivity index (χ1v) is 8.66. The molecule has 0 unspecified atom stereocenters. The Morgan fingerprint density at radius 3 is 2.60 bits per heavy atom. The second-order valence-electron chi connectivity index (χ2n) is 5.26. The van der Waals surface area contributed by atoms with Crippen molar-refractivity contribution in [2.75, 3.05) is 7.11 Å². The summed E-state index contributed by atoms with van der Waals surface area (Å²) in [7, 11) is -2.72. The smallest absolute Gasteiger partial charge is 0.333 e. The molecule has 0 saturated heterocycles. The van der Waals surface area contributed by atoms with E-state index in [4.69, 9.17) is 4.74 Å². The molecule has 0 aliphatic rings. The van der Waals surface area contributed by atoms with E-state index in [0.29, 0.717) is 10.4 Å². The van der Waals surface area contributed by atoms with Gasteiger partial charge in [-0.25, -0.2) is 17.8 Å². The summed E-state index contributed by atoms with van der Waals surface area (Å²) < 4.78 is 57.5. The van der Waals surface area contributed by atoms with Crippen LogP contribution in [-0.4, -0.2) is 31.2 Å². The Morgan fingerprint density at radius 2 is 2.04 bits per heavy atom. The molecule has 2 rings (SSSR count). The number of sulfonamides is 1. The van der Waals surface area contributed by atoms with Gasteiger partial charge in [0, 0.05) is 17.3 Å². The Hall–Kier alpha value is -2.49. The molecule has 0 atom stereocenters. The Labute approximate surface area is 143 Å². The summed E-state index contributed by atoms with van der Waals surface area (Å²) in [6, 6.07) is 5.61. The van der Waals surface area contributed by atoms with E-state index in [1.165, 1.54) is 39.2 Å². The van der Waals surface area contributed by atoms with Crippen molar-refractivity contribution in [3.63, 3.8) is 0 Å². The third kappa shape index (κ3) is 4.13. The van der Waals surface area contributed by atoms with Gasteiger partial charge >= 0.3 is 6.55 Å². The number of hydrogen-bond donors (Lipinski definition) is 1. The van der Waals surface area contributed by atoms with Crippen LogP contribution >= 0.6 is 0 Å². The van der Waals surface area contributed by atoms with Gasteiger partial charge in [0.25, 0.3) is 10.0 Å². The lowest BCUT2D eigenvalue weighted by atomic mass is 10.1. The fraction of sp³-hybridized carbons (Fsp3) is 0.333. The van der Waals surface area contributed by atoms with Crippen molar-refractivity contribution in [2.45, 2.75) is 31.7 Å². The number of aryl methyl sites for hydroxylation is 1. The van der Waals surface area contributed by atoms with Crippen molar-refractivity contribution in [3.05, 3.63) is 41.2 Å². The lowest BCUT2D eigenvalue weighted by Crippen LogP contribution is -2.32. The van der Waals surface area contributed by atoms with Gasteiger partial charge in [-0.3, -0.25) is 4.79 Å². The maximum atomic E-state index is 12.8. The first-order chi connectivity index (χ1) is 11.7. The predicted octanol–water partition coefficient (Wildman–Crippen LogP) is 1.95. The number of rotatable bonds is 6.